The van der Waals surface area contributed by atoms with Crippen molar-refractivity contribution >= 4 is 17.1 Å². The maximum atomic E-state index is 5.93. The minimum atomic E-state index is 0.578. The Morgan fingerprint density at radius 3 is 2.88 bits per heavy atom. The van der Waals surface area contributed by atoms with Crippen molar-refractivity contribution in [2.45, 2.75) is 46.1 Å². The second kappa shape index (κ2) is 5.17. The zero-order chi connectivity index (χ0) is 12.3. The summed E-state index contributed by atoms with van der Waals surface area (Å²) in [5.41, 5.74) is 8.86. The van der Waals surface area contributed by atoms with Gasteiger partial charge in [0, 0.05) is 12.7 Å². The Morgan fingerprint density at radius 2 is 2.12 bits per heavy atom. The number of anilines is 1. The molecule has 2 rings (SSSR count). The number of nitrogen functional groups attached to an aromatic ring is 1. The molecule has 17 heavy (non-hydrogen) atoms. The molecule has 0 radical (unpaired) electrons. The van der Waals surface area contributed by atoms with Crippen molar-refractivity contribution in [1.29, 1.82) is 0 Å². The van der Waals surface area contributed by atoms with Gasteiger partial charge in [0.1, 0.15) is 5.52 Å². The van der Waals surface area contributed by atoms with Crippen molar-refractivity contribution in [2.24, 2.45) is 0 Å². The number of hydrogen-bond donors (Lipinski definition) is 1. The number of hydrogen-bond acceptors (Lipinski definition) is 3. The highest BCUT2D eigenvalue weighted by atomic mass is 15.2. The number of imidazole rings is 1. The van der Waals surface area contributed by atoms with Crippen LogP contribution in [0.25, 0.3) is 11.2 Å². The van der Waals surface area contributed by atoms with E-state index in [1.165, 1.54) is 19.3 Å². The van der Waals surface area contributed by atoms with Crippen molar-refractivity contribution in [3.05, 3.63) is 17.8 Å². The molecule has 2 heterocycles. The monoisotopic (exact) mass is 232 g/mol. The van der Waals surface area contributed by atoms with Gasteiger partial charge < -0.3 is 5.73 Å². The zero-order valence-electron chi connectivity index (χ0n) is 10.6. The number of aryl methyl sites for hydroxylation is 2. The van der Waals surface area contributed by atoms with E-state index in [9.17, 15) is 0 Å². The lowest BCUT2D eigenvalue weighted by molar-refractivity contribution is 0.593. The molecule has 2 aromatic heterocycles. The molecule has 0 aromatic carbocycles. The largest absolute Gasteiger partial charge is 0.369 e. The van der Waals surface area contributed by atoms with E-state index in [-0.39, 0.29) is 0 Å². The Bertz CT molecular complexity index is 501. The number of nitrogens with zero attached hydrogens (tertiary/aromatic N) is 3. The molecule has 2 aromatic rings. The van der Waals surface area contributed by atoms with Crippen LogP contribution >= 0.6 is 0 Å². The first-order valence-electron chi connectivity index (χ1n) is 6.30. The van der Waals surface area contributed by atoms with Gasteiger partial charge in [0.05, 0.1) is 0 Å². The number of nitrogens with two attached hydrogens (primary N) is 1. The third-order valence-electron chi connectivity index (χ3n) is 2.99. The summed E-state index contributed by atoms with van der Waals surface area (Å²) in [5, 5.41) is 0. The first-order valence-corrected chi connectivity index (χ1v) is 6.30. The minimum Gasteiger partial charge on any atom is -0.369 e. The van der Waals surface area contributed by atoms with Gasteiger partial charge in [-0.1, -0.05) is 26.2 Å². The lowest BCUT2D eigenvalue weighted by Crippen LogP contribution is -2.04. The molecule has 0 amide bonds. The van der Waals surface area contributed by atoms with E-state index in [4.69, 9.17) is 5.73 Å². The van der Waals surface area contributed by atoms with E-state index >= 15 is 0 Å². The van der Waals surface area contributed by atoms with Crippen molar-refractivity contribution in [2.75, 3.05) is 5.73 Å². The highest BCUT2D eigenvalue weighted by Crippen LogP contribution is 2.17. The van der Waals surface area contributed by atoms with E-state index in [0.717, 1.165) is 29.7 Å². The van der Waals surface area contributed by atoms with Gasteiger partial charge in [-0.05, 0) is 25.0 Å². The van der Waals surface area contributed by atoms with Crippen molar-refractivity contribution in [1.82, 2.24) is 14.5 Å². The molecule has 0 saturated carbocycles. The van der Waals surface area contributed by atoms with E-state index in [2.05, 4.69) is 16.9 Å². The molecule has 2 N–H and O–H groups in total. The van der Waals surface area contributed by atoms with Gasteiger partial charge in [0.2, 0.25) is 5.95 Å². The molecule has 0 aliphatic heterocycles. The summed E-state index contributed by atoms with van der Waals surface area (Å²) in [6.45, 7) is 5.15. The van der Waals surface area contributed by atoms with Crippen LogP contribution in [-0.4, -0.2) is 14.5 Å². The van der Waals surface area contributed by atoms with Crippen molar-refractivity contribution < 1.29 is 0 Å². The summed E-state index contributed by atoms with van der Waals surface area (Å²) in [5.74, 6) is 0.578. The summed E-state index contributed by atoms with van der Waals surface area (Å²) < 4.78 is 2.02. The maximum Gasteiger partial charge on any atom is 0.202 e. The summed E-state index contributed by atoms with van der Waals surface area (Å²) in [4.78, 5) is 8.77. The molecule has 92 valence electrons. The molecule has 0 atom stereocenters. The molecule has 0 spiro atoms. The van der Waals surface area contributed by atoms with E-state index in [0.29, 0.717) is 5.95 Å². The fourth-order valence-electron chi connectivity index (χ4n) is 2.05. The summed E-state index contributed by atoms with van der Waals surface area (Å²) >= 11 is 0. The molecular formula is C13H20N4. The standard InChI is InChI=1S/C13H20N4/c1-3-4-5-6-7-17-12-11(16-13(17)14)8-10(2)9-15-12/h8-9H,3-7H2,1-2H3,(H2,14,16). The van der Waals surface area contributed by atoms with Gasteiger partial charge in [0.15, 0.2) is 5.65 Å². The number of pyridine rings is 1. The van der Waals surface area contributed by atoms with Gasteiger partial charge in [-0.15, -0.1) is 0 Å². The highest BCUT2D eigenvalue weighted by Gasteiger charge is 2.08. The highest BCUT2D eigenvalue weighted by molar-refractivity contribution is 5.74. The number of unbranched alkanes of at least 4 members (excludes halogenated alkanes) is 3. The Hall–Kier alpha value is -1.58. The van der Waals surface area contributed by atoms with Crippen LogP contribution in [0.15, 0.2) is 12.3 Å². The van der Waals surface area contributed by atoms with E-state index in [1.807, 2.05) is 23.8 Å². The lowest BCUT2D eigenvalue weighted by atomic mass is 10.2. The molecule has 0 unspecified atom stereocenters. The van der Waals surface area contributed by atoms with Gasteiger partial charge in [-0.25, -0.2) is 9.97 Å². The number of fused-ring (bicyclic) bond motifs is 1. The van der Waals surface area contributed by atoms with Crippen LogP contribution in [0.1, 0.15) is 38.2 Å². The van der Waals surface area contributed by atoms with Gasteiger partial charge in [0.25, 0.3) is 0 Å². The van der Waals surface area contributed by atoms with Crippen molar-refractivity contribution in [3.8, 4) is 0 Å². The van der Waals surface area contributed by atoms with Gasteiger partial charge in [-0.3, -0.25) is 4.57 Å². The van der Waals surface area contributed by atoms with Gasteiger partial charge >= 0.3 is 0 Å². The SMILES string of the molecule is CCCCCCn1c(N)nc2cc(C)cnc21. The van der Waals surface area contributed by atoms with Gasteiger partial charge in [-0.2, -0.15) is 0 Å². The molecule has 4 heteroatoms. The zero-order valence-corrected chi connectivity index (χ0v) is 10.6. The van der Waals surface area contributed by atoms with Crippen molar-refractivity contribution in [3.63, 3.8) is 0 Å². The smallest absolute Gasteiger partial charge is 0.202 e. The summed E-state index contributed by atoms with van der Waals surface area (Å²) in [6.07, 6.45) is 6.77. The number of rotatable bonds is 5. The maximum absolute atomic E-state index is 5.93. The third kappa shape index (κ3) is 2.57. The first kappa shape index (κ1) is 11.9. The quantitative estimate of drug-likeness (QED) is 0.806. The molecule has 0 aliphatic carbocycles. The predicted octanol–water partition coefficient (Wildman–Crippen LogP) is 2.90. The molecule has 0 fully saturated rings. The molecule has 0 bridgehead atoms. The Kier molecular flexibility index (Phi) is 3.61. The Morgan fingerprint density at radius 1 is 1.29 bits per heavy atom. The summed E-state index contributed by atoms with van der Waals surface area (Å²) in [6, 6.07) is 2.03. The molecule has 0 aliphatic rings. The van der Waals surface area contributed by atoms with E-state index < -0.39 is 0 Å². The van der Waals surface area contributed by atoms with Crippen LogP contribution in [0.4, 0.5) is 5.95 Å². The van der Waals surface area contributed by atoms with Crippen LogP contribution in [0.5, 0.6) is 0 Å². The topological polar surface area (TPSA) is 56.7 Å². The minimum absolute atomic E-state index is 0.578. The fraction of sp³-hybridized carbons (Fsp3) is 0.538. The molecular weight excluding hydrogens is 212 g/mol. The average molecular weight is 232 g/mol. The van der Waals surface area contributed by atoms with E-state index in [1.54, 1.807) is 0 Å². The Labute approximate surface area is 102 Å². The first-order chi connectivity index (χ1) is 8.22. The van der Waals surface area contributed by atoms with Crippen LogP contribution < -0.4 is 5.73 Å². The Balaban J connectivity index is 2.18. The van der Waals surface area contributed by atoms with Crippen LogP contribution in [-0.2, 0) is 6.54 Å². The number of aromatic nitrogens is 3. The third-order valence-corrected chi connectivity index (χ3v) is 2.99. The van der Waals surface area contributed by atoms with Crippen LogP contribution in [0.3, 0.4) is 0 Å². The fourth-order valence-corrected chi connectivity index (χ4v) is 2.05. The summed E-state index contributed by atoms with van der Waals surface area (Å²) in [7, 11) is 0. The van der Waals surface area contributed by atoms with Crippen LogP contribution in [0.2, 0.25) is 0 Å². The normalized spacial score (nSPS) is 11.2. The predicted molar refractivity (Wildman–Crippen MR) is 70.8 cm³/mol. The molecule has 4 nitrogen and oxygen atoms in total. The lowest BCUT2D eigenvalue weighted by Gasteiger charge is -2.05. The second-order valence-electron chi connectivity index (χ2n) is 4.54. The molecule has 0 saturated heterocycles. The van der Waals surface area contributed by atoms with Crippen LogP contribution in [0, 0.1) is 6.92 Å². The second-order valence-corrected chi connectivity index (χ2v) is 4.54. The average Bonchev–Trinajstić information content (AvgIpc) is 2.60.